The van der Waals surface area contributed by atoms with E-state index in [9.17, 15) is 37.1 Å². The fourth-order valence-electron chi connectivity index (χ4n) is 4.03. The highest BCUT2D eigenvalue weighted by Crippen LogP contribution is 2.30. The lowest BCUT2D eigenvalue weighted by Crippen LogP contribution is -2.48. The van der Waals surface area contributed by atoms with Gasteiger partial charge in [0.15, 0.2) is 6.73 Å². The van der Waals surface area contributed by atoms with Gasteiger partial charge in [0.2, 0.25) is 5.91 Å². The summed E-state index contributed by atoms with van der Waals surface area (Å²) in [7, 11) is 1.37. The molecule has 0 radical (unpaired) electrons. The second kappa shape index (κ2) is 12.5. The molecule has 1 atom stereocenters. The molecule has 10 nitrogen and oxygen atoms in total. The van der Waals surface area contributed by atoms with Gasteiger partial charge in [-0.05, 0) is 47.9 Å². The largest absolute Gasteiger partial charge is 0.443 e. The molecule has 13 heteroatoms. The lowest BCUT2D eigenvalue weighted by atomic mass is 10.1. The Morgan fingerprint density at radius 3 is 2.54 bits per heavy atom. The van der Waals surface area contributed by atoms with Crippen LogP contribution in [0.15, 0.2) is 42.5 Å². The molecule has 2 aromatic rings. The van der Waals surface area contributed by atoms with Crippen molar-refractivity contribution in [3.05, 3.63) is 70.5 Å². The number of esters is 1. The molecular weight excluding hydrogens is 521 g/mol. The maximum atomic E-state index is 14.5. The molecule has 3 amide bonds. The van der Waals surface area contributed by atoms with Crippen molar-refractivity contribution in [2.45, 2.75) is 37.9 Å². The molecule has 1 aliphatic heterocycles. The number of benzene rings is 2. The average Bonchev–Trinajstić information content (AvgIpc) is 3.25. The summed E-state index contributed by atoms with van der Waals surface area (Å²) >= 11 is 0. The first-order valence-electron chi connectivity index (χ1n) is 11.9. The van der Waals surface area contributed by atoms with E-state index in [0.29, 0.717) is 17.4 Å². The van der Waals surface area contributed by atoms with Crippen LogP contribution < -0.4 is 11.1 Å². The minimum atomic E-state index is -3.89. The monoisotopic (exact) mass is 548 g/mol. The molecular formula is C26H27F3N4O6. The number of likely N-dealkylation sites (N-methyl/N-ethyl adjacent to an activating group) is 1. The summed E-state index contributed by atoms with van der Waals surface area (Å²) in [5.41, 5.74) is 5.73. The highest BCUT2D eigenvalue weighted by atomic mass is 19.3. The minimum Gasteiger partial charge on any atom is -0.443 e. The standard InChI is InChI=1S/C26H27F3N4O6/c1-32(15-39-22(35)12-30)24(37)21(3-2-10-34)33-14-17-11-16(4-9-20(17)23(33)36)13-31-25(38)26(28,29)18-5-7-19(27)8-6-18/h4-11,21H,2-3,12-15,30H2,1H3,(H,31,38). The van der Waals surface area contributed by atoms with Crippen LogP contribution >= 0.6 is 0 Å². The summed E-state index contributed by atoms with van der Waals surface area (Å²) in [5, 5.41) is 2.15. The highest BCUT2D eigenvalue weighted by molar-refractivity contribution is 6.01. The van der Waals surface area contributed by atoms with Crippen LogP contribution in [-0.2, 0) is 42.9 Å². The number of halogens is 3. The van der Waals surface area contributed by atoms with Crippen molar-refractivity contribution in [1.29, 1.82) is 0 Å². The summed E-state index contributed by atoms with van der Waals surface area (Å²) in [6.07, 6.45) is 0.635. The van der Waals surface area contributed by atoms with Crippen molar-refractivity contribution >= 4 is 30.0 Å². The van der Waals surface area contributed by atoms with Crippen molar-refractivity contribution in [2.75, 3.05) is 20.3 Å². The molecule has 0 saturated heterocycles. The molecule has 208 valence electrons. The lowest BCUT2D eigenvalue weighted by molar-refractivity contribution is -0.152. The first-order chi connectivity index (χ1) is 18.5. The quantitative estimate of drug-likeness (QED) is 0.233. The Bertz CT molecular complexity index is 1250. The Labute approximate surface area is 221 Å². The summed E-state index contributed by atoms with van der Waals surface area (Å²) in [5.74, 6) is -7.94. The van der Waals surface area contributed by atoms with Crippen LogP contribution in [0.1, 0.15) is 39.9 Å². The predicted molar refractivity (Wildman–Crippen MR) is 130 cm³/mol. The first-order valence-corrected chi connectivity index (χ1v) is 11.9. The number of ether oxygens (including phenoxy) is 1. The topological polar surface area (TPSA) is 139 Å². The Kier molecular flexibility index (Phi) is 9.41. The fraction of sp³-hybridized carbons (Fsp3) is 0.346. The van der Waals surface area contributed by atoms with Crippen LogP contribution in [-0.4, -0.2) is 66.1 Å². The van der Waals surface area contributed by atoms with E-state index in [4.69, 9.17) is 10.5 Å². The van der Waals surface area contributed by atoms with E-state index in [2.05, 4.69) is 5.32 Å². The first kappa shape index (κ1) is 29.3. The zero-order valence-electron chi connectivity index (χ0n) is 21.0. The van der Waals surface area contributed by atoms with Crippen LogP contribution in [0.4, 0.5) is 13.2 Å². The zero-order chi connectivity index (χ0) is 28.7. The van der Waals surface area contributed by atoms with Gasteiger partial charge in [0.05, 0.1) is 6.54 Å². The van der Waals surface area contributed by atoms with E-state index < -0.39 is 53.8 Å². The number of carbonyl (C=O) groups excluding carboxylic acids is 5. The van der Waals surface area contributed by atoms with Gasteiger partial charge in [0, 0.05) is 37.7 Å². The number of hydrogen-bond donors (Lipinski definition) is 2. The van der Waals surface area contributed by atoms with Crippen molar-refractivity contribution in [3.63, 3.8) is 0 Å². The van der Waals surface area contributed by atoms with E-state index in [-0.39, 0.29) is 38.0 Å². The summed E-state index contributed by atoms with van der Waals surface area (Å²) in [6.45, 7) is -1.05. The van der Waals surface area contributed by atoms with Gasteiger partial charge in [0.25, 0.3) is 11.8 Å². The van der Waals surface area contributed by atoms with Crippen LogP contribution in [0.2, 0.25) is 0 Å². The normalized spacial score (nSPS) is 13.5. The summed E-state index contributed by atoms with van der Waals surface area (Å²) in [6, 6.07) is 6.78. The molecule has 39 heavy (non-hydrogen) atoms. The maximum absolute atomic E-state index is 14.5. The SMILES string of the molecule is CN(COC(=O)CN)C(=O)C(CCC=O)N1Cc2cc(CNC(=O)C(F)(F)c3ccc(F)cc3)ccc2C1=O. The Morgan fingerprint density at radius 2 is 1.90 bits per heavy atom. The third-order valence-electron chi connectivity index (χ3n) is 6.13. The van der Waals surface area contributed by atoms with Gasteiger partial charge in [-0.2, -0.15) is 8.78 Å². The smallest absolute Gasteiger partial charge is 0.349 e. The van der Waals surface area contributed by atoms with Crippen molar-refractivity contribution in [1.82, 2.24) is 15.1 Å². The summed E-state index contributed by atoms with van der Waals surface area (Å²) in [4.78, 5) is 63.0. The number of alkyl halides is 2. The molecule has 1 heterocycles. The Hall–Kier alpha value is -4.26. The molecule has 0 fully saturated rings. The number of nitrogens with zero attached hydrogens (tertiary/aromatic N) is 2. The molecule has 0 bridgehead atoms. The van der Waals surface area contributed by atoms with Gasteiger partial charge in [-0.3, -0.25) is 19.2 Å². The summed E-state index contributed by atoms with van der Waals surface area (Å²) < 4.78 is 46.9. The molecule has 0 aliphatic carbocycles. The third-order valence-corrected chi connectivity index (χ3v) is 6.13. The molecule has 0 spiro atoms. The number of hydrogen-bond acceptors (Lipinski definition) is 7. The van der Waals surface area contributed by atoms with Gasteiger partial charge in [-0.25, -0.2) is 4.39 Å². The molecule has 1 aliphatic rings. The molecule has 0 saturated carbocycles. The maximum Gasteiger partial charge on any atom is 0.349 e. The van der Waals surface area contributed by atoms with Gasteiger partial charge in [-0.1, -0.05) is 12.1 Å². The van der Waals surface area contributed by atoms with E-state index in [1.807, 2.05) is 0 Å². The molecule has 2 aromatic carbocycles. The number of nitrogens with two attached hydrogens (primary N) is 1. The fourth-order valence-corrected chi connectivity index (χ4v) is 4.03. The highest BCUT2D eigenvalue weighted by Gasteiger charge is 2.41. The van der Waals surface area contributed by atoms with Gasteiger partial charge < -0.3 is 30.4 Å². The molecule has 0 aromatic heterocycles. The minimum absolute atomic E-state index is 0.00656. The zero-order valence-corrected chi connectivity index (χ0v) is 21.0. The third kappa shape index (κ3) is 6.79. The van der Waals surface area contributed by atoms with Gasteiger partial charge >= 0.3 is 11.9 Å². The van der Waals surface area contributed by atoms with E-state index >= 15 is 0 Å². The number of rotatable bonds is 12. The van der Waals surface area contributed by atoms with Gasteiger partial charge in [-0.15, -0.1) is 0 Å². The number of carbonyl (C=O) groups is 5. The number of aldehydes is 1. The Morgan fingerprint density at radius 1 is 1.21 bits per heavy atom. The molecule has 3 rings (SSSR count). The predicted octanol–water partition coefficient (Wildman–Crippen LogP) is 1.46. The van der Waals surface area contributed by atoms with Crippen LogP contribution in [0, 0.1) is 5.82 Å². The van der Waals surface area contributed by atoms with Crippen molar-refractivity contribution in [2.24, 2.45) is 5.73 Å². The second-order valence-electron chi connectivity index (χ2n) is 8.83. The number of fused-ring (bicyclic) bond motifs is 1. The number of amides is 3. The Balaban J connectivity index is 1.70. The van der Waals surface area contributed by atoms with E-state index in [0.717, 1.165) is 29.2 Å². The average molecular weight is 549 g/mol. The van der Waals surface area contributed by atoms with Crippen LogP contribution in [0.5, 0.6) is 0 Å². The van der Waals surface area contributed by atoms with Crippen molar-refractivity contribution < 1.29 is 41.9 Å². The second-order valence-corrected chi connectivity index (χ2v) is 8.83. The van der Waals surface area contributed by atoms with Crippen LogP contribution in [0.3, 0.4) is 0 Å². The lowest BCUT2D eigenvalue weighted by Gasteiger charge is -2.30. The van der Waals surface area contributed by atoms with E-state index in [1.54, 1.807) is 6.07 Å². The molecule has 1 unspecified atom stereocenters. The van der Waals surface area contributed by atoms with E-state index in [1.165, 1.54) is 24.1 Å². The van der Waals surface area contributed by atoms with Crippen molar-refractivity contribution in [3.8, 4) is 0 Å². The van der Waals surface area contributed by atoms with Crippen LogP contribution in [0.25, 0.3) is 0 Å². The number of nitrogens with one attached hydrogen (secondary N) is 1. The molecule has 3 N–H and O–H groups in total. The van der Waals surface area contributed by atoms with Gasteiger partial charge in [0.1, 0.15) is 18.1 Å².